The van der Waals surface area contributed by atoms with Crippen LogP contribution in [0.2, 0.25) is 0 Å². The average Bonchev–Trinajstić information content (AvgIpc) is 2.53. The van der Waals surface area contributed by atoms with Crippen LogP contribution in [0.3, 0.4) is 0 Å². The highest BCUT2D eigenvalue weighted by Gasteiger charge is 2.63. The van der Waals surface area contributed by atoms with Gasteiger partial charge in [0.1, 0.15) is 5.54 Å². The fourth-order valence-corrected chi connectivity index (χ4v) is 4.07. The predicted octanol–water partition coefficient (Wildman–Crippen LogP) is 1.85. The summed E-state index contributed by atoms with van der Waals surface area (Å²) in [5.74, 6) is 0.0847. The molecule has 2 atom stereocenters. The van der Waals surface area contributed by atoms with Crippen LogP contribution in [0, 0.1) is 5.41 Å². The topological polar surface area (TPSA) is 58.8 Å². The molecule has 2 fully saturated rings. The second-order valence-corrected chi connectivity index (χ2v) is 8.12. The minimum absolute atomic E-state index is 0.0811. The molecule has 5 heteroatoms. The maximum atomic E-state index is 13.1. The standard InChI is InChI=1S/C18H35N3O2/c1-7-23-15-12-18(19,17(15,4)5)16(22)20(6)14-8-10-21(11-9-14)13(2)3/h13-15H,7-12,19H2,1-6H3. The third-order valence-electron chi connectivity index (χ3n) is 6.31. The van der Waals surface area contributed by atoms with E-state index in [9.17, 15) is 4.79 Å². The number of nitrogens with zero attached hydrogens (tertiary/aromatic N) is 2. The number of carbonyl (C=O) groups excluding carboxylic acids is 1. The molecule has 2 aliphatic rings. The Bertz CT molecular complexity index is 430. The van der Waals surface area contributed by atoms with Gasteiger partial charge in [-0.15, -0.1) is 0 Å². The van der Waals surface area contributed by atoms with Gasteiger partial charge in [-0.05, 0) is 33.6 Å². The average molecular weight is 325 g/mol. The van der Waals surface area contributed by atoms with Crippen LogP contribution < -0.4 is 5.73 Å². The van der Waals surface area contributed by atoms with Gasteiger partial charge >= 0.3 is 0 Å². The molecule has 1 amide bonds. The summed E-state index contributed by atoms with van der Waals surface area (Å²) in [6.45, 7) is 13.4. The first kappa shape index (κ1) is 18.7. The van der Waals surface area contributed by atoms with Crippen molar-refractivity contribution >= 4 is 5.91 Å². The molecule has 1 saturated carbocycles. The Morgan fingerprint density at radius 1 is 1.35 bits per heavy atom. The number of likely N-dealkylation sites (N-methyl/N-ethyl adjacent to an activating group) is 1. The van der Waals surface area contributed by atoms with Gasteiger partial charge < -0.3 is 20.3 Å². The van der Waals surface area contributed by atoms with Gasteiger partial charge in [0, 0.05) is 50.7 Å². The molecular formula is C18H35N3O2. The molecule has 0 aromatic rings. The van der Waals surface area contributed by atoms with Crippen LogP contribution in [0.4, 0.5) is 0 Å². The van der Waals surface area contributed by atoms with Crippen molar-refractivity contribution < 1.29 is 9.53 Å². The first-order valence-electron chi connectivity index (χ1n) is 9.07. The fraction of sp³-hybridized carbons (Fsp3) is 0.944. The Balaban J connectivity index is 1.98. The van der Waals surface area contributed by atoms with Gasteiger partial charge in [-0.2, -0.15) is 0 Å². The van der Waals surface area contributed by atoms with E-state index in [1.807, 2.05) is 18.9 Å². The molecule has 2 unspecified atom stereocenters. The van der Waals surface area contributed by atoms with Crippen LogP contribution in [0.15, 0.2) is 0 Å². The summed E-state index contributed by atoms with van der Waals surface area (Å²) >= 11 is 0. The van der Waals surface area contributed by atoms with Gasteiger partial charge in [0.05, 0.1) is 6.10 Å². The number of nitrogens with two attached hydrogens (primary N) is 1. The molecule has 1 aliphatic heterocycles. The number of ether oxygens (including phenoxy) is 1. The van der Waals surface area contributed by atoms with Crippen LogP contribution in [-0.4, -0.2) is 66.2 Å². The molecule has 0 aromatic heterocycles. The first-order valence-corrected chi connectivity index (χ1v) is 9.07. The minimum atomic E-state index is -0.795. The zero-order valence-electron chi connectivity index (χ0n) is 15.8. The Hall–Kier alpha value is -0.650. The van der Waals surface area contributed by atoms with Crippen molar-refractivity contribution in [3.05, 3.63) is 0 Å². The molecule has 2 N–H and O–H groups in total. The second-order valence-electron chi connectivity index (χ2n) is 8.12. The van der Waals surface area contributed by atoms with E-state index >= 15 is 0 Å². The Kier molecular flexibility index (Phi) is 5.44. The molecule has 1 aliphatic carbocycles. The number of carbonyl (C=O) groups is 1. The molecular weight excluding hydrogens is 290 g/mol. The number of amides is 1. The van der Waals surface area contributed by atoms with Crippen molar-refractivity contribution in [1.82, 2.24) is 9.80 Å². The highest BCUT2D eigenvalue weighted by Crippen LogP contribution is 2.50. The van der Waals surface area contributed by atoms with Gasteiger partial charge in [-0.1, -0.05) is 13.8 Å². The quantitative estimate of drug-likeness (QED) is 0.838. The van der Waals surface area contributed by atoms with Crippen LogP contribution in [0.1, 0.15) is 53.9 Å². The van der Waals surface area contributed by atoms with E-state index in [4.69, 9.17) is 10.5 Å². The highest BCUT2D eigenvalue weighted by molar-refractivity contribution is 5.89. The van der Waals surface area contributed by atoms with Crippen molar-refractivity contribution in [3.63, 3.8) is 0 Å². The van der Waals surface area contributed by atoms with E-state index in [0.717, 1.165) is 25.9 Å². The number of hydrogen-bond acceptors (Lipinski definition) is 4. The van der Waals surface area contributed by atoms with E-state index in [1.54, 1.807) is 0 Å². The SMILES string of the molecule is CCOC1CC(N)(C(=O)N(C)C2CCN(C(C)C)CC2)C1(C)C. The van der Waals surface area contributed by atoms with E-state index < -0.39 is 5.54 Å². The predicted molar refractivity (Wildman–Crippen MR) is 93.2 cm³/mol. The molecule has 2 rings (SSSR count). The summed E-state index contributed by atoms with van der Waals surface area (Å²) in [7, 11) is 1.93. The first-order chi connectivity index (χ1) is 10.6. The zero-order valence-corrected chi connectivity index (χ0v) is 15.8. The summed E-state index contributed by atoms with van der Waals surface area (Å²) in [6.07, 6.45) is 2.78. The fourth-order valence-electron chi connectivity index (χ4n) is 4.07. The molecule has 5 nitrogen and oxygen atoms in total. The molecule has 23 heavy (non-hydrogen) atoms. The second kappa shape index (κ2) is 6.69. The Morgan fingerprint density at radius 2 is 1.91 bits per heavy atom. The maximum absolute atomic E-state index is 13.1. The van der Waals surface area contributed by atoms with Gasteiger partial charge in [0.2, 0.25) is 5.91 Å². The van der Waals surface area contributed by atoms with E-state index in [0.29, 0.717) is 25.1 Å². The van der Waals surface area contributed by atoms with Crippen molar-refractivity contribution in [1.29, 1.82) is 0 Å². The lowest BCUT2D eigenvalue weighted by Crippen LogP contribution is -2.76. The monoisotopic (exact) mass is 325 g/mol. The number of hydrogen-bond donors (Lipinski definition) is 1. The van der Waals surface area contributed by atoms with Crippen molar-refractivity contribution in [3.8, 4) is 0 Å². The summed E-state index contributed by atoms with van der Waals surface area (Å²) < 4.78 is 5.75. The lowest BCUT2D eigenvalue weighted by atomic mass is 9.54. The summed E-state index contributed by atoms with van der Waals surface area (Å²) in [5.41, 5.74) is 5.44. The Labute approximate surface area is 141 Å². The normalized spacial score (nSPS) is 31.9. The van der Waals surface area contributed by atoms with Crippen LogP contribution >= 0.6 is 0 Å². The molecule has 0 aromatic carbocycles. The largest absolute Gasteiger partial charge is 0.378 e. The molecule has 0 bridgehead atoms. The highest BCUT2D eigenvalue weighted by atomic mass is 16.5. The van der Waals surface area contributed by atoms with Crippen LogP contribution in [0.25, 0.3) is 0 Å². The molecule has 134 valence electrons. The maximum Gasteiger partial charge on any atom is 0.243 e. The molecule has 1 saturated heterocycles. The third-order valence-corrected chi connectivity index (χ3v) is 6.31. The summed E-state index contributed by atoms with van der Waals surface area (Å²) in [6, 6.07) is 0.884. The van der Waals surface area contributed by atoms with E-state index in [2.05, 4.69) is 32.6 Å². The van der Waals surface area contributed by atoms with E-state index in [1.165, 1.54) is 0 Å². The van der Waals surface area contributed by atoms with Gasteiger partial charge in [0.15, 0.2) is 0 Å². The minimum Gasteiger partial charge on any atom is -0.378 e. The molecule has 0 spiro atoms. The van der Waals surface area contributed by atoms with Crippen molar-refractivity contribution in [2.24, 2.45) is 11.1 Å². The summed E-state index contributed by atoms with van der Waals surface area (Å²) in [5, 5.41) is 0. The smallest absolute Gasteiger partial charge is 0.243 e. The molecule has 1 heterocycles. The lowest BCUT2D eigenvalue weighted by Gasteiger charge is -2.59. The van der Waals surface area contributed by atoms with Gasteiger partial charge in [-0.3, -0.25) is 4.79 Å². The van der Waals surface area contributed by atoms with Crippen molar-refractivity contribution in [2.75, 3.05) is 26.7 Å². The number of piperidine rings is 1. The lowest BCUT2D eigenvalue weighted by molar-refractivity contribution is -0.180. The molecule has 0 radical (unpaired) electrons. The zero-order chi connectivity index (χ0) is 17.4. The van der Waals surface area contributed by atoms with Gasteiger partial charge in [-0.25, -0.2) is 0 Å². The van der Waals surface area contributed by atoms with Crippen molar-refractivity contribution in [2.45, 2.75) is 77.6 Å². The summed E-state index contributed by atoms with van der Waals surface area (Å²) in [4.78, 5) is 17.5. The van der Waals surface area contributed by atoms with Gasteiger partial charge in [0.25, 0.3) is 0 Å². The number of rotatable bonds is 5. The Morgan fingerprint density at radius 3 is 2.35 bits per heavy atom. The van der Waals surface area contributed by atoms with Crippen LogP contribution in [-0.2, 0) is 9.53 Å². The number of likely N-dealkylation sites (tertiary alicyclic amines) is 1. The third kappa shape index (κ3) is 3.15. The van der Waals surface area contributed by atoms with Crippen LogP contribution in [0.5, 0.6) is 0 Å². The van der Waals surface area contributed by atoms with E-state index in [-0.39, 0.29) is 17.4 Å².